The van der Waals surface area contributed by atoms with Crippen LogP contribution in [0.15, 0.2) is 46.2 Å². The van der Waals surface area contributed by atoms with E-state index in [0.717, 1.165) is 5.82 Å². The monoisotopic (exact) mass is 421 g/mol. The second-order valence-electron chi connectivity index (χ2n) is 6.75. The number of rotatable bonds is 3. The molecule has 1 fully saturated rings. The lowest BCUT2D eigenvalue weighted by molar-refractivity contribution is 0.384. The number of imidazole rings is 1. The highest BCUT2D eigenvalue weighted by molar-refractivity contribution is 7.89. The van der Waals surface area contributed by atoms with E-state index >= 15 is 0 Å². The standard InChI is InChI=1S/C18H20ClN5O3S/c1-21-14-11-13(19)16(12-15(14)22(2)18(21)25)28(26,27)24-9-7-23(8-10-24)17-5-3-4-6-20-17/h3-6,11-12H,7-10H2,1-2H3. The third-order valence-corrected chi connectivity index (χ3v) is 7.52. The molecule has 1 saturated heterocycles. The van der Waals surface area contributed by atoms with Crippen molar-refractivity contribution in [2.75, 3.05) is 31.1 Å². The Hall–Kier alpha value is -2.36. The van der Waals surface area contributed by atoms with Gasteiger partial charge in [0.15, 0.2) is 0 Å². The van der Waals surface area contributed by atoms with Gasteiger partial charge in [-0.15, -0.1) is 0 Å². The number of benzene rings is 1. The van der Waals surface area contributed by atoms with Crippen LogP contribution in [0.4, 0.5) is 5.82 Å². The molecule has 0 atom stereocenters. The number of piperazine rings is 1. The Morgan fingerprint density at radius 1 is 1.00 bits per heavy atom. The number of pyridine rings is 1. The minimum Gasteiger partial charge on any atom is -0.354 e. The number of anilines is 1. The first-order chi connectivity index (χ1) is 13.3. The number of hydrogen-bond donors (Lipinski definition) is 0. The van der Waals surface area contributed by atoms with E-state index < -0.39 is 10.0 Å². The largest absolute Gasteiger partial charge is 0.354 e. The van der Waals surface area contributed by atoms with Gasteiger partial charge in [-0.3, -0.25) is 9.13 Å². The molecule has 0 radical (unpaired) electrons. The van der Waals surface area contributed by atoms with Crippen molar-refractivity contribution >= 4 is 38.5 Å². The molecule has 0 aliphatic carbocycles. The molecular formula is C18H20ClN5O3S. The number of aryl methyl sites for hydroxylation is 2. The molecule has 0 unspecified atom stereocenters. The molecule has 0 spiro atoms. The minimum atomic E-state index is -3.78. The first kappa shape index (κ1) is 19.0. The maximum Gasteiger partial charge on any atom is 0.328 e. The summed E-state index contributed by atoms with van der Waals surface area (Å²) in [5.41, 5.74) is 0.892. The van der Waals surface area contributed by atoms with Crippen LogP contribution in [0.5, 0.6) is 0 Å². The van der Waals surface area contributed by atoms with Crippen molar-refractivity contribution in [1.82, 2.24) is 18.4 Å². The summed E-state index contributed by atoms with van der Waals surface area (Å²) in [5.74, 6) is 0.832. The average Bonchev–Trinajstić information content (AvgIpc) is 2.92. The molecular weight excluding hydrogens is 402 g/mol. The SMILES string of the molecule is Cn1c(=O)n(C)c2cc(S(=O)(=O)N3CCN(c4ccccn4)CC3)c(Cl)cc21. The Morgan fingerprint density at radius 2 is 1.64 bits per heavy atom. The summed E-state index contributed by atoms with van der Waals surface area (Å²) in [6, 6.07) is 8.68. The summed E-state index contributed by atoms with van der Waals surface area (Å²) < 4.78 is 30.7. The van der Waals surface area contributed by atoms with E-state index in [1.807, 2.05) is 18.2 Å². The average molecular weight is 422 g/mol. The third-order valence-electron chi connectivity index (χ3n) is 5.16. The summed E-state index contributed by atoms with van der Waals surface area (Å²) in [6.07, 6.45) is 1.72. The number of nitrogens with zero attached hydrogens (tertiary/aromatic N) is 5. The molecule has 8 nitrogen and oxygen atoms in total. The van der Waals surface area contributed by atoms with Crippen LogP contribution in [-0.2, 0) is 24.1 Å². The summed E-state index contributed by atoms with van der Waals surface area (Å²) in [5, 5.41) is 0.112. The molecule has 3 heterocycles. The van der Waals surface area contributed by atoms with Gasteiger partial charge in [-0.2, -0.15) is 4.31 Å². The maximum absolute atomic E-state index is 13.2. The first-order valence-electron chi connectivity index (χ1n) is 8.82. The smallest absolute Gasteiger partial charge is 0.328 e. The molecule has 148 valence electrons. The van der Waals surface area contributed by atoms with Crippen molar-refractivity contribution in [3.63, 3.8) is 0 Å². The van der Waals surface area contributed by atoms with Crippen LogP contribution in [0.1, 0.15) is 0 Å². The lowest BCUT2D eigenvalue weighted by atomic mass is 10.3. The zero-order chi connectivity index (χ0) is 20.1. The topological polar surface area (TPSA) is 80.4 Å². The van der Waals surface area contributed by atoms with E-state index in [9.17, 15) is 13.2 Å². The molecule has 0 saturated carbocycles. The second kappa shape index (κ2) is 6.91. The van der Waals surface area contributed by atoms with Crippen LogP contribution in [0.2, 0.25) is 5.02 Å². The highest BCUT2D eigenvalue weighted by atomic mass is 35.5. The lowest BCUT2D eigenvalue weighted by Crippen LogP contribution is -2.48. The van der Waals surface area contributed by atoms with Crippen LogP contribution in [0.25, 0.3) is 11.0 Å². The fourth-order valence-electron chi connectivity index (χ4n) is 3.54. The van der Waals surface area contributed by atoms with E-state index in [2.05, 4.69) is 9.88 Å². The van der Waals surface area contributed by atoms with Crippen molar-refractivity contribution in [1.29, 1.82) is 0 Å². The van der Waals surface area contributed by atoms with E-state index in [0.29, 0.717) is 37.2 Å². The molecule has 4 rings (SSSR count). The molecule has 0 amide bonds. The van der Waals surface area contributed by atoms with Gasteiger partial charge < -0.3 is 4.90 Å². The Bertz CT molecular complexity index is 1200. The Morgan fingerprint density at radius 3 is 2.25 bits per heavy atom. The Balaban J connectivity index is 1.65. The summed E-state index contributed by atoms with van der Waals surface area (Å²) in [7, 11) is -0.538. The molecule has 10 heteroatoms. The van der Waals surface area contributed by atoms with Crippen LogP contribution < -0.4 is 10.6 Å². The number of halogens is 1. The summed E-state index contributed by atoms with van der Waals surface area (Å²) in [6.45, 7) is 1.75. The van der Waals surface area contributed by atoms with Crippen LogP contribution >= 0.6 is 11.6 Å². The molecule has 3 aromatic rings. The lowest BCUT2D eigenvalue weighted by Gasteiger charge is -2.34. The van der Waals surface area contributed by atoms with Gasteiger partial charge >= 0.3 is 5.69 Å². The summed E-state index contributed by atoms with van der Waals surface area (Å²) >= 11 is 6.31. The highest BCUT2D eigenvalue weighted by Gasteiger charge is 2.31. The van der Waals surface area contributed by atoms with E-state index in [4.69, 9.17) is 11.6 Å². The van der Waals surface area contributed by atoms with Crippen molar-refractivity contribution in [2.45, 2.75) is 4.90 Å². The molecule has 1 aliphatic heterocycles. The van der Waals surface area contributed by atoms with Crippen LogP contribution in [0, 0.1) is 0 Å². The molecule has 1 aromatic carbocycles. The van der Waals surface area contributed by atoms with Gasteiger partial charge in [0.1, 0.15) is 10.7 Å². The zero-order valence-electron chi connectivity index (χ0n) is 15.5. The molecule has 0 bridgehead atoms. The van der Waals surface area contributed by atoms with Gasteiger partial charge in [-0.1, -0.05) is 17.7 Å². The van der Waals surface area contributed by atoms with Crippen molar-refractivity contribution in [2.24, 2.45) is 14.1 Å². The zero-order valence-corrected chi connectivity index (χ0v) is 17.1. The van der Waals surface area contributed by atoms with Gasteiger partial charge in [-0.25, -0.2) is 18.2 Å². The fraction of sp³-hybridized carbons (Fsp3) is 0.333. The predicted octanol–water partition coefficient (Wildman–Crippen LogP) is 1.44. The molecule has 28 heavy (non-hydrogen) atoms. The fourth-order valence-corrected chi connectivity index (χ4v) is 5.47. The van der Waals surface area contributed by atoms with Crippen molar-refractivity contribution < 1.29 is 8.42 Å². The van der Waals surface area contributed by atoms with E-state index in [1.54, 1.807) is 20.3 Å². The normalized spacial score (nSPS) is 16.0. The van der Waals surface area contributed by atoms with Gasteiger partial charge in [0.2, 0.25) is 10.0 Å². The quantitative estimate of drug-likeness (QED) is 0.639. The van der Waals surface area contributed by atoms with Crippen LogP contribution in [-0.4, -0.2) is 53.0 Å². The second-order valence-corrected chi connectivity index (χ2v) is 9.06. The number of fused-ring (bicyclic) bond motifs is 1. The molecule has 2 aromatic heterocycles. The number of sulfonamides is 1. The van der Waals surface area contributed by atoms with Crippen molar-refractivity contribution in [3.8, 4) is 0 Å². The van der Waals surface area contributed by atoms with Gasteiger partial charge in [0.25, 0.3) is 0 Å². The number of hydrogen-bond acceptors (Lipinski definition) is 5. The van der Waals surface area contributed by atoms with Crippen LogP contribution in [0.3, 0.4) is 0 Å². The van der Waals surface area contributed by atoms with E-state index in [1.165, 1.54) is 25.6 Å². The van der Waals surface area contributed by atoms with Gasteiger partial charge in [0, 0.05) is 46.5 Å². The van der Waals surface area contributed by atoms with Gasteiger partial charge in [-0.05, 0) is 24.3 Å². The van der Waals surface area contributed by atoms with Gasteiger partial charge in [0.05, 0.1) is 16.1 Å². The third kappa shape index (κ3) is 2.99. The highest BCUT2D eigenvalue weighted by Crippen LogP contribution is 2.30. The minimum absolute atomic E-state index is 0.0224. The Labute approximate surface area is 167 Å². The van der Waals surface area contributed by atoms with Crippen molar-refractivity contribution in [3.05, 3.63) is 52.0 Å². The Kier molecular flexibility index (Phi) is 4.68. The van der Waals surface area contributed by atoms with E-state index in [-0.39, 0.29) is 15.6 Å². The molecule has 1 aliphatic rings. The summed E-state index contributed by atoms with van der Waals surface area (Å²) in [4.78, 5) is 18.5. The molecule has 0 N–H and O–H groups in total. The maximum atomic E-state index is 13.2. The number of aromatic nitrogens is 3. The first-order valence-corrected chi connectivity index (χ1v) is 10.6. The predicted molar refractivity (Wildman–Crippen MR) is 108 cm³/mol.